The van der Waals surface area contributed by atoms with Gasteiger partial charge in [0, 0.05) is 16.0 Å². The first kappa shape index (κ1) is 16.5. The Morgan fingerprint density at radius 3 is 2.42 bits per heavy atom. The summed E-state index contributed by atoms with van der Waals surface area (Å²) < 4.78 is 10.4. The van der Waals surface area contributed by atoms with Crippen molar-refractivity contribution in [3.8, 4) is 22.1 Å². The molecule has 1 aromatic heterocycles. The van der Waals surface area contributed by atoms with Crippen molar-refractivity contribution in [2.75, 3.05) is 7.11 Å². The summed E-state index contributed by atoms with van der Waals surface area (Å²) in [7, 11) is 1.63. The largest absolute Gasteiger partial charge is 0.497 e. The number of esters is 1. The van der Waals surface area contributed by atoms with E-state index in [-0.39, 0.29) is 12.4 Å². The molecule has 0 saturated heterocycles. The molecule has 0 fully saturated rings. The van der Waals surface area contributed by atoms with Crippen molar-refractivity contribution in [2.24, 2.45) is 0 Å². The van der Waals surface area contributed by atoms with E-state index in [2.05, 4.69) is 4.98 Å². The Morgan fingerprint density at radius 2 is 1.75 bits per heavy atom. The fourth-order valence-electron chi connectivity index (χ4n) is 2.07. The highest BCUT2D eigenvalue weighted by atomic mass is 35.5. The molecule has 0 aliphatic carbocycles. The number of halogens is 1. The van der Waals surface area contributed by atoms with Crippen molar-refractivity contribution in [3.63, 3.8) is 0 Å². The summed E-state index contributed by atoms with van der Waals surface area (Å²) in [5.74, 6) is 0.904. The molecule has 0 bridgehead atoms. The van der Waals surface area contributed by atoms with Crippen LogP contribution in [0.5, 0.6) is 11.5 Å². The molecule has 0 unspecified atom stereocenters. The maximum atomic E-state index is 12.0. The second-order valence-electron chi connectivity index (χ2n) is 4.98. The Hall–Kier alpha value is -2.37. The second kappa shape index (κ2) is 7.47. The Bertz CT molecular complexity index is 828. The van der Waals surface area contributed by atoms with E-state index < -0.39 is 0 Å². The number of aromatic nitrogens is 1. The quantitative estimate of drug-likeness (QED) is 0.492. The first-order chi connectivity index (χ1) is 11.6. The molecule has 1 heterocycles. The number of benzene rings is 2. The Morgan fingerprint density at radius 1 is 1.08 bits per heavy atom. The summed E-state index contributed by atoms with van der Waals surface area (Å²) in [5, 5.41) is 3.31. The molecule has 0 radical (unpaired) electrons. The number of nitrogens with zero attached hydrogens (tertiary/aromatic N) is 1. The van der Waals surface area contributed by atoms with Crippen molar-refractivity contribution in [3.05, 3.63) is 64.6 Å². The number of ether oxygens (including phenoxy) is 2. The SMILES string of the molecule is COc1ccc(-c2nc(CC(=O)Oc3ccc(Cl)cc3)cs2)cc1. The van der Waals surface area contributed by atoms with Crippen molar-refractivity contribution >= 4 is 28.9 Å². The molecule has 6 heteroatoms. The topological polar surface area (TPSA) is 48.4 Å². The van der Waals surface area contributed by atoms with Crippen LogP contribution in [0.1, 0.15) is 5.69 Å². The number of thiazole rings is 1. The maximum absolute atomic E-state index is 12.0. The molecule has 0 amide bonds. The van der Waals surface area contributed by atoms with E-state index in [9.17, 15) is 4.79 Å². The fraction of sp³-hybridized carbons (Fsp3) is 0.111. The van der Waals surface area contributed by atoms with E-state index in [0.717, 1.165) is 16.3 Å². The summed E-state index contributed by atoms with van der Waals surface area (Å²) in [4.78, 5) is 16.5. The van der Waals surface area contributed by atoms with Crippen LogP contribution < -0.4 is 9.47 Å². The summed E-state index contributed by atoms with van der Waals surface area (Å²) in [6, 6.07) is 14.3. The van der Waals surface area contributed by atoms with Gasteiger partial charge in [0.1, 0.15) is 16.5 Å². The number of rotatable bonds is 5. The molecule has 0 aliphatic rings. The lowest BCUT2D eigenvalue weighted by Gasteiger charge is -2.03. The van der Waals surface area contributed by atoms with Crippen LogP contribution in [-0.2, 0) is 11.2 Å². The molecule has 24 heavy (non-hydrogen) atoms. The van der Waals surface area contributed by atoms with Gasteiger partial charge in [-0.3, -0.25) is 4.79 Å². The molecule has 0 atom stereocenters. The van der Waals surface area contributed by atoms with E-state index in [1.54, 1.807) is 31.4 Å². The van der Waals surface area contributed by atoms with Crippen LogP contribution in [0.25, 0.3) is 10.6 Å². The van der Waals surface area contributed by atoms with E-state index in [1.807, 2.05) is 29.6 Å². The molecular weight excluding hydrogens is 346 g/mol. The number of hydrogen-bond donors (Lipinski definition) is 0. The van der Waals surface area contributed by atoms with Gasteiger partial charge in [-0.25, -0.2) is 4.98 Å². The van der Waals surface area contributed by atoms with Gasteiger partial charge in [0.2, 0.25) is 0 Å². The third-order valence-corrected chi connectivity index (χ3v) is 4.45. The fourth-order valence-corrected chi connectivity index (χ4v) is 3.02. The van der Waals surface area contributed by atoms with Gasteiger partial charge in [-0.15, -0.1) is 11.3 Å². The molecule has 4 nitrogen and oxygen atoms in total. The number of carbonyl (C=O) groups is 1. The average molecular weight is 360 g/mol. The summed E-state index contributed by atoms with van der Waals surface area (Å²) in [5.41, 5.74) is 1.67. The Kier molecular flexibility index (Phi) is 5.13. The minimum atomic E-state index is -0.357. The maximum Gasteiger partial charge on any atom is 0.317 e. The monoisotopic (exact) mass is 359 g/mol. The number of carbonyl (C=O) groups excluding carboxylic acids is 1. The average Bonchev–Trinajstić information content (AvgIpc) is 3.05. The van der Waals surface area contributed by atoms with Crippen LogP contribution in [0.3, 0.4) is 0 Å². The highest BCUT2D eigenvalue weighted by molar-refractivity contribution is 7.13. The van der Waals surface area contributed by atoms with Gasteiger partial charge in [-0.05, 0) is 48.5 Å². The van der Waals surface area contributed by atoms with Gasteiger partial charge in [0.25, 0.3) is 0 Å². The minimum Gasteiger partial charge on any atom is -0.497 e. The molecule has 0 N–H and O–H groups in total. The normalized spacial score (nSPS) is 10.4. The second-order valence-corrected chi connectivity index (χ2v) is 6.27. The van der Waals surface area contributed by atoms with Gasteiger partial charge in [0.05, 0.1) is 19.2 Å². The lowest BCUT2D eigenvalue weighted by atomic mass is 10.2. The number of hydrogen-bond acceptors (Lipinski definition) is 5. The van der Waals surface area contributed by atoms with Crippen molar-refractivity contribution in [1.29, 1.82) is 0 Å². The zero-order valence-corrected chi connectivity index (χ0v) is 14.4. The van der Waals surface area contributed by atoms with Crippen molar-refractivity contribution in [2.45, 2.75) is 6.42 Å². The van der Waals surface area contributed by atoms with Crippen LogP contribution in [-0.4, -0.2) is 18.1 Å². The van der Waals surface area contributed by atoms with E-state index in [4.69, 9.17) is 21.1 Å². The van der Waals surface area contributed by atoms with Gasteiger partial charge in [-0.2, -0.15) is 0 Å². The van der Waals surface area contributed by atoms with Crippen LogP contribution in [0.4, 0.5) is 0 Å². The molecule has 3 aromatic rings. The molecule has 122 valence electrons. The summed E-state index contributed by atoms with van der Waals surface area (Å²) in [6.07, 6.45) is 0.120. The van der Waals surface area contributed by atoms with Crippen molar-refractivity contribution < 1.29 is 14.3 Å². The highest BCUT2D eigenvalue weighted by Gasteiger charge is 2.11. The molecule has 0 spiro atoms. The van der Waals surface area contributed by atoms with Crippen LogP contribution in [0.2, 0.25) is 5.02 Å². The van der Waals surface area contributed by atoms with Crippen LogP contribution in [0.15, 0.2) is 53.9 Å². The van der Waals surface area contributed by atoms with Crippen LogP contribution in [0, 0.1) is 0 Å². The number of methoxy groups -OCH3 is 1. The zero-order valence-electron chi connectivity index (χ0n) is 12.9. The van der Waals surface area contributed by atoms with E-state index >= 15 is 0 Å². The third-order valence-electron chi connectivity index (χ3n) is 3.26. The predicted molar refractivity (Wildman–Crippen MR) is 94.9 cm³/mol. The lowest BCUT2D eigenvalue weighted by Crippen LogP contribution is -2.11. The molecule has 0 aliphatic heterocycles. The Labute approximate surface area is 148 Å². The van der Waals surface area contributed by atoms with Crippen molar-refractivity contribution in [1.82, 2.24) is 4.98 Å². The molecule has 3 rings (SSSR count). The first-order valence-electron chi connectivity index (χ1n) is 7.19. The lowest BCUT2D eigenvalue weighted by molar-refractivity contribution is -0.133. The Balaban J connectivity index is 1.64. The zero-order chi connectivity index (χ0) is 16.9. The molecular formula is C18H14ClNO3S. The molecule has 2 aromatic carbocycles. The van der Waals surface area contributed by atoms with Gasteiger partial charge in [0.15, 0.2) is 0 Å². The summed E-state index contributed by atoms with van der Waals surface area (Å²) in [6.45, 7) is 0. The van der Waals surface area contributed by atoms with Gasteiger partial charge < -0.3 is 9.47 Å². The van der Waals surface area contributed by atoms with E-state index in [1.165, 1.54) is 11.3 Å². The molecule has 0 saturated carbocycles. The van der Waals surface area contributed by atoms with Crippen LogP contribution >= 0.6 is 22.9 Å². The smallest absolute Gasteiger partial charge is 0.317 e. The first-order valence-corrected chi connectivity index (χ1v) is 8.45. The van der Waals surface area contributed by atoms with Gasteiger partial charge in [-0.1, -0.05) is 11.6 Å². The highest BCUT2D eigenvalue weighted by Crippen LogP contribution is 2.26. The minimum absolute atomic E-state index is 0.120. The van der Waals surface area contributed by atoms with E-state index in [0.29, 0.717) is 16.5 Å². The van der Waals surface area contributed by atoms with Gasteiger partial charge >= 0.3 is 5.97 Å². The summed E-state index contributed by atoms with van der Waals surface area (Å²) >= 11 is 7.29. The standard InChI is InChI=1S/C18H14ClNO3S/c1-22-15-6-2-12(3-7-15)18-20-14(11-24-18)10-17(21)23-16-8-4-13(19)5-9-16/h2-9,11H,10H2,1H3. The third kappa shape index (κ3) is 4.13. The predicted octanol–water partition coefficient (Wildman–Crippen LogP) is 4.62.